The highest BCUT2D eigenvalue weighted by Crippen LogP contribution is 2.31. The van der Waals surface area contributed by atoms with E-state index in [1.54, 1.807) is 0 Å². The Bertz CT molecular complexity index is 662. The average Bonchev–Trinajstić information content (AvgIpc) is 3.13. The maximum Gasteiger partial charge on any atom is 0.248 e. The Morgan fingerprint density at radius 3 is 2.58 bits per heavy atom. The predicted molar refractivity (Wildman–Crippen MR) is 91.5 cm³/mol. The summed E-state index contributed by atoms with van der Waals surface area (Å²) in [6, 6.07) is 9.47. The van der Waals surface area contributed by atoms with E-state index in [1.165, 1.54) is 19.3 Å². The molecule has 1 amide bonds. The van der Waals surface area contributed by atoms with Crippen molar-refractivity contribution < 1.29 is 9.32 Å². The fourth-order valence-corrected chi connectivity index (χ4v) is 3.24. The first-order valence-corrected chi connectivity index (χ1v) is 8.84. The van der Waals surface area contributed by atoms with E-state index in [1.807, 2.05) is 44.2 Å². The first-order chi connectivity index (χ1) is 11.6. The Balaban J connectivity index is 1.61. The maximum atomic E-state index is 12.4. The molecule has 3 rings (SSSR count). The van der Waals surface area contributed by atoms with Gasteiger partial charge in [0.05, 0.1) is 5.92 Å². The molecule has 128 valence electrons. The van der Waals surface area contributed by atoms with E-state index in [-0.39, 0.29) is 17.9 Å². The van der Waals surface area contributed by atoms with Crippen molar-refractivity contribution in [1.29, 1.82) is 0 Å². The molecule has 5 nitrogen and oxygen atoms in total. The summed E-state index contributed by atoms with van der Waals surface area (Å²) in [6.07, 6.45) is 6.02. The minimum atomic E-state index is -0.284. The lowest BCUT2D eigenvalue weighted by Gasteiger charge is -2.17. The number of carbonyl (C=O) groups excluding carboxylic acids is 1. The molecule has 1 aromatic heterocycles. The number of rotatable bonds is 5. The van der Waals surface area contributed by atoms with Crippen LogP contribution in [0, 0.1) is 0 Å². The number of nitrogens with zero attached hydrogens (tertiary/aromatic N) is 2. The molecule has 0 spiro atoms. The van der Waals surface area contributed by atoms with Crippen LogP contribution in [0.15, 0.2) is 34.9 Å². The highest BCUT2D eigenvalue weighted by atomic mass is 16.5. The van der Waals surface area contributed by atoms with Gasteiger partial charge in [0.15, 0.2) is 5.82 Å². The molecular formula is C19H25N3O2. The van der Waals surface area contributed by atoms with Gasteiger partial charge in [-0.05, 0) is 32.3 Å². The standard InChI is InChI=1S/C19H25N3O2/c1-13(15-9-5-3-6-10-15)18(23)20-14(2)19-21-17(22-24-19)16-11-7-4-8-12-16/h3,5-6,9-10,13-14,16H,4,7-8,11-12H2,1-2H3,(H,20,23). The number of hydrogen-bond acceptors (Lipinski definition) is 4. The lowest BCUT2D eigenvalue weighted by atomic mass is 9.89. The van der Waals surface area contributed by atoms with Gasteiger partial charge in [-0.3, -0.25) is 4.79 Å². The second-order valence-electron chi connectivity index (χ2n) is 6.69. The van der Waals surface area contributed by atoms with Crippen molar-refractivity contribution in [3.05, 3.63) is 47.6 Å². The van der Waals surface area contributed by atoms with Crippen LogP contribution in [0.4, 0.5) is 0 Å². The SMILES string of the molecule is CC(NC(=O)C(C)c1ccccc1)c1nc(C2CCCCC2)no1. The summed E-state index contributed by atoms with van der Waals surface area (Å²) in [5, 5.41) is 7.11. The van der Waals surface area contributed by atoms with E-state index >= 15 is 0 Å². The minimum Gasteiger partial charge on any atom is -0.344 e. The molecule has 1 saturated carbocycles. The minimum absolute atomic E-state index is 0.0360. The van der Waals surface area contributed by atoms with Gasteiger partial charge < -0.3 is 9.84 Å². The molecule has 2 unspecified atom stereocenters. The number of benzene rings is 1. The summed E-state index contributed by atoms with van der Waals surface area (Å²) in [5.41, 5.74) is 0.996. The molecule has 1 fully saturated rings. The quantitative estimate of drug-likeness (QED) is 0.898. The van der Waals surface area contributed by atoms with Gasteiger partial charge in [-0.15, -0.1) is 0 Å². The third-order valence-corrected chi connectivity index (χ3v) is 4.85. The largest absolute Gasteiger partial charge is 0.344 e. The van der Waals surface area contributed by atoms with Gasteiger partial charge in [0.2, 0.25) is 11.8 Å². The number of amides is 1. The molecule has 24 heavy (non-hydrogen) atoms. The van der Waals surface area contributed by atoms with E-state index in [2.05, 4.69) is 15.5 Å². The Kier molecular flexibility index (Phi) is 5.28. The monoisotopic (exact) mass is 327 g/mol. The molecule has 1 N–H and O–H groups in total. The molecule has 1 aliphatic carbocycles. The van der Waals surface area contributed by atoms with E-state index in [0.717, 1.165) is 24.2 Å². The van der Waals surface area contributed by atoms with Crippen LogP contribution in [-0.2, 0) is 4.79 Å². The van der Waals surface area contributed by atoms with Gasteiger partial charge in [-0.1, -0.05) is 54.8 Å². The molecule has 1 heterocycles. The van der Waals surface area contributed by atoms with E-state index in [9.17, 15) is 4.79 Å². The zero-order valence-electron chi connectivity index (χ0n) is 14.4. The smallest absolute Gasteiger partial charge is 0.248 e. The molecule has 0 saturated heterocycles. The molecule has 2 aromatic rings. The number of nitrogens with one attached hydrogen (secondary N) is 1. The third-order valence-electron chi connectivity index (χ3n) is 4.85. The van der Waals surface area contributed by atoms with Crippen LogP contribution in [0.5, 0.6) is 0 Å². The van der Waals surface area contributed by atoms with E-state index in [4.69, 9.17) is 4.52 Å². The normalized spacial score (nSPS) is 18.1. The Labute approximate surface area is 142 Å². The van der Waals surface area contributed by atoms with E-state index < -0.39 is 0 Å². The molecule has 5 heteroatoms. The highest BCUT2D eigenvalue weighted by Gasteiger charge is 2.24. The molecule has 0 radical (unpaired) electrons. The lowest BCUT2D eigenvalue weighted by molar-refractivity contribution is -0.123. The zero-order valence-corrected chi connectivity index (χ0v) is 14.4. The average molecular weight is 327 g/mol. The first-order valence-electron chi connectivity index (χ1n) is 8.84. The number of carbonyl (C=O) groups is 1. The summed E-state index contributed by atoms with van der Waals surface area (Å²) in [5.74, 6) is 1.44. The van der Waals surface area contributed by atoms with Gasteiger partial charge >= 0.3 is 0 Å². The molecule has 1 aliphatic rings. The Morgan fingerprint density at radius 1 is 1.17 bits per heavy atom. The van der Waals surface area contributed by atoms with Crippen molar-refractivity contribution >= 4 is 5.91 Å². The van der Waals surface area contributed by atoms with Crippen molar-refractivity contribution in [3.63, 3.8) is 0 Å². The van der Waals surface area contributed by atoms with E-state index in [0.29, 0.717) is 11.8 Å². The lowest BCUT2D eigenvalue weighted by Crippen LogP contribution is -2.30. The molecule has 0 aliphatic heterocycles. The van der Waals surface area contributed by atoms with Crippen LogP contribution >= 0.6 is 0 Å². The van der Waals surface area contributed by atoms with Gasteiger partial charge in [0, 0.05) is 5.92 Å². The van der Waals surface area contributed by atoms with Crippen molar-refractivity contribution in [2.24, 2.45) is 0 Å². The summed E-state index contributed by atoms with van der Waals surface area (Å²) in [7, 11) is 0. The number of aromatic nitrogens is 2. The maximum absolute atomic E-state index is 12.4. The Morgan fingerprint density at radius 2 is 1.88 bits per heavy atom. The summed E-state index contributed by atoms with van der Waals surface area (Å²) in [4.78, 5) is 17.0. The van der Waals surface area contributed by atoms with Crippen molar-refractivity contribution in [2.75, 3.05) is 0 Å². The summed E-state index contributed by atoms with van der Waals surface area (Å²) < 4.78 is 5.39. The van der Waals surface area contributed by atoms with Crippen LogP contribution in [0.2, 0.25) is 0 Å². The van der Waals surface area contributed by atoms with Crippen LogP contribution < -0.4 is 5.32 Å². The Hall–Kier alpha value is -2.17. The van der Waals surface area contributed by atoms with Crippen molar-refractivity contribution in [3.8, 4) is 0 Å². The van der Waals surface area contributed by atoms with Crippen LogP contribution in [0.3, 0.4) is 0 Å². The van der Waals surface area contributed by atoms with Crippen molar-refractivity contribution in [1.82, 2.24) is 15.5 Å². The van der Waals surface area contributed by atoms with Gasteiger partial charge in [-0.25, -0.2) is 0 Å². The highest BCUT2D eigenvalue weighted by molar-refractivity contribution is 5.83. The molecular weight excluding hydrogens is 302 g/mol. The third kappa shape index (κ3) is 3.83. The van der Waals surface area contributed by atoms with Crippen LogP contribution in [0.1, 0.15) is 81.1 Å². The zero-order chi connectivity index (χ0) is 16.9. The van der Waals surface area contributed by atoms with Gasteiger partial charge in [0.1, 0.15) is 6.04 Å². The fraction of sp³-hybridized carbons (Fsp3) is 0.526. The van der Waals surface area contributed by atoms with Crippen LogP contribution in [-0.4, -0.2) is 16.0 Å². The summed E-state index contributed by atoms with van der Waals surface area (Å²) >= 11 is 0. The number of hydrogen-bond donors (Lipinski definition) is 1. The topological polar surface area (TPSA) is 68.0 Å². The first kappa shape index (κ1) is 16.7. The second kappa shape index (κ2) is 7.60. The molecule has 2 atom stereocenters. The van der Waals surface area contributed by atoms with Gasteiger partial charge in [-0.2, -0.15) is 4.98 Å². The molecule has 0 bridgehead atoms. The summed E-state index contributed by atoms with van der Waals surface area (Å²) in [6.45, 7) is 3.78. The fourth-order valence-electron chi connectivity index (χ4n) is 3.24. The van der Waals surface area contributed by atoms with Gasteiger partial charge in [0.25, 0.3) is 0 Å². The predicted octanol–water partition coefficient (Wildman–Crippen LogP) is 4.10. The molecule has 1 aromatic carbocycles. The van der Waals surface area contributed by atoms with Crippen molar-refractivity contribution in [2.45, 2.75) is 63.8 Å². The van der Waals surface area contributed by atoms with Crippen LogP contribution in [0.25, 0.3) is 0 Å². The second-order valence-corrected chi connectivity index (χ2v) is 6.69.